The van der Waals surface area contributed by atoms with Crippen molar-refractivity contribution in [3.8, 4) is 11.5 Å². The van der Waals surface area contributed by atoms with Crippen LogP contribution in [0.1, 0.15) is 20.3 Å². The molecule has 0 heterocycles. The maximum Gasteiger partial charge on any atom is 0.243 e. The fraction of sp³-hybridized carbons (Fsp3) is 0.259. The summed E-state index contributed by atoms with van der Waals surface area (Å²) in [6.07, 6.45) is 0.472. The molecular formula is C27H31N3O4. The summed E-state index contributed by atoms with van der Waals surface area (Å²) < 4.78 is 11.3. The lowest BCUT2D eigenvalue weighted by Crippen LogP contribution is -2.21. The van der Waals surface area contributed by atoms with E-state index in [4.69, 9.17) is 9.47 Å². The van der Waals surface area contributed by atoms with E-state index in [0.717, 1.165) is 17.2 Å². The highest BCUT2D eigenvalue weighted by Gasteiger charge is 2.06. The summed E-state index contributed by atoms with van der Waals surface area (Å²) in [5.74, 6) is 1.65. The molecule has 3 N–H and O–H groups in total. The van der Waals surface area contributed by atoms with Crippen molar-refractivity contribution in [1.29, 1.82) is 0 Å². The molecule has 0 saturated carbocycles. The predicted octanol–water partition coefficient (Wildman–Crippen LogP) is 5.18. The zero-order chi connectivity index (χ0) is 24.2. The van der Waals surface area contributed by atoms with Gasteiger partial charge in [0.15, 0.2) is 0 Å². The van der Waals surface area contributed by atoms with Crippen LogP contribution in [0.25, 0.3) is 0 Å². The number of rotatable bonds is 12. The minimum atomic E-state index is -0.171. The van der Waals surface area contributed by atoms with Crippen molar-refractivity contribution < 1.29 is 19.1 Å². The second-order valence-electron chi connectivity index (χ2n) is 8.16. The van der Waals surface area contributed by atoms with Gasteiger partial charge >= 0.3 is 0 Å². The highest BCUT2D eigenvalue weighted by molar-refractivity contribution is 5.94. The smallest absolute Gasteiger partial charge is 0.243 e. The topological polar surface area (TPSA) is 88.7 Å². The number of nitrogens with one attached hydrogen (secondary N) is 3. The molecule has 34 heavy (non-hydrogen) atoms. The number of hydrogen-bond acceptors (Lipinski definition) is 5. The Balaban J connectivity index is 1.35. The van der Waals surface area contributed by atoms with E-state index in [1.807, 2.05) is 68.4 Å². The van der Waals surface area contributed by atoms with Gasteiger partial charge in [-0.2, -0.15) is 0 Å². The van der Waals surface area contributed by atoms with E-state index in [9.17, 15) is 9.59 Å². The number of ether oxygens (including phenoxy) is 2. The Morgan fingerprint density at radius 3 is 1.74 bits per heavy atom. The molecule has 178 valence electrons. The number of hydrogen-bond donors (Lipinski definition) is 3. The number of carbonyl (C=O) groups excluding carboxylic acids is 2. The molecule has 3 aromatic carbocycles. The van der Waals surface area contributed by atoms with Gasteiger partial charge in [0.2, 0.25) is 11.8 Å². The number of carbonyl (C=O) groups is 2. The van der Waals surface area contributed by atoms with Gasteiger partial charge in [0.1, 0.15) is 24.7 Å². The molecule has 7 nitrogen and oxygen atoms in total. The van der Waals surface area contributed by atoms with Crippen molar-refractivity contribution in [2.24, 2.45) is 5.92 Å². The minimum Gasteiger partial charge on any atom is -0.490 e. The fourth-order valence-corrected chi connectivity index (χ4v) is 3.11. The van der Waals surface area contributed by atoms with E-state index >= 15 is 0 Å². The van der Waals surface area contributed by atoms with Gasteiger partial charge in [-0.05, 0) is 66.6 Å². The highest BCUT2D eigenvalue weighted by atomic mass is 16.5. The fourth-order valence-electron chi connectivity index (χ4n) is 3.11. The number of benzene rings is 3. The summed E-state index contributed by atoms with van der Waals surface area (Å²) in [7, 11) is 0. The molecule has 0 bridgehead atoms. The Kier molecular flexibility index (Phi) is 9.34. The molecule has 7 heteroatoms. The normalized spacial score (nSPS) is 10.4. The van der Waals surface area contributed by atoms with E-state index in [1.165, 1.54) is 0 Å². The van der Waals surface area contributed by atoms with Crippen LogP contribution in [0.15, 0.2) is 78.9 Å². The van der Waals surface area contributed by atoms with Crippen LogP contribution in [0, 0.1) is 5.92 Å². The van der Waals surface area contributed by atoms with Crippen molar-refractivity contribution in [3.63, 3.8) is 0 Å². The predicted molar refractivity (Wildman–Crippen MR) is 136 cm³/mol. The lowest BCUT2D eigenvalue weighted by Gasteiger charge is -2.11. The van der Waals surface area contributed by atoms with Crippen LogP contribution < -0.4 is 25.4 Å². The molecule has 0 spiro atoms. The second kappa shape index (κ2) is 12.9. The van der Waals surface area contributed by atoms with Crippen LogP contribution in [0.2, 0.25) is 0 Å². The summed E-state index contributed by atoms with van der Waals surface area (Å²) >= 11 is 0. The van der Waals surface area contributed by atoms with Gasteiger partial charge < -0.3 is 25.4 Å². The van der Waals surface area contributed by atoms with Crippen LogP contribution >= 0.6 is 0 Å². The molecule has 3 aromatic rings. The SMILES string of the molecule is CC(C)CC(=O)Nc1ccc(NC(=O)CNc2ccc(OCCOc3ccccc3)cc2)cc1. The summed E-state index contributed by atoms with van der Waals surface area (Å²) in [4.78, 5) is 24.1. The van der Waals surface area contributed by atoms with Crippen LogP contribution in [-0.2, 0) is 9.59 Å². The first-order valence-electron chi connectivity index (χ1n) is 11.3. The molecule has 0 aromatic heterocycles. The van der Waals surface area contributed by atoms with Gasteiger partial charge in [0, 0.05) is 23.5 Å². The van der Waals surface area contributed by atoms with E-state index in [0.29, 0.717) is 36.9 Å². The first-order chi connectivity index (χ1) is 16.5. The van der Waals surface area contributed by atoms with E-state index < -0.39 is 0 Å². The molecular weight excluding hydrogens is 430 g/mol. The average Bonchev–Trinajstić information content (AvgIpc) is 2.83. The Morgan fingerprint density at radius 1 is 0.676 bits per heavy atom. The average molecular weight is 462 g/mol. The summed E-state index contributed by atoms with van der Waals surface area (Å²) in [5.41, 5.74) is 2.18. The van der Waals surface area contributed by atoms with Crippen molar-refractivity contribution in [1.82, 2.24) is 0 Å². The second-order valence-corrected chi connectivity index (χ2v) is 8.16. The van der Waals surface area contributed by atoms with Crippen LogP contribution in [0.4, 0.5) is 17.1 Å². The first kappa shape index (κ1) is 24.6. The Morgan fingerprint density at radius 2 is 1.18 bits per heavy atom. The van der Waals surface area contributed by atoms with Crippen LogP contribution in [0.5, 0.6) is 11.5 Å². The van der Waals surface area contributed by atoms with E-state index in [2.05, 4.69) is 16.0 Å². The van der Waals surface area contributed by atoms with E-state index in [-0.39, 0.29) is 18.4 Å². The van der Waals surface area contributed by atoms with Gasteiger partial charge in [-0.3, -0.25) is 9.59 Å². The largest absolute Gasteiger partial charge is 0.490 e. The Bertz CT molecular complexity index is 1040. The maximum atomic E-state index is 12.2. The maximum absolute atomic E-state index is 12.2. The lowest BCUT2D eigenvalue weighted by molar-refractivity contribution is -0.117. The number of anilines is 3. The molecule has 0 aliphatic carbocycles. The molecule has 0 atom stereocenters. The first-order valence-corrected chi connectivity index (χ1v) is 11.3. The van der Waals surface area contributed by atoms with Gasteiger partial charge in [-0.15, -0.1) is 0 Å². The molecule has 0 saturated heterocycles. The van der Waals surface area contributed by atoms with Crippen molar-refractivity contribution in [3.05, 3.63) is 78.9 Å². The summed E-state index contributed by atoms with van der Waals surface area (Å²) in [6, 6.07) is 24.1. The number of para-hydroxylation sites is 1. The third-order valence-corrected chi connectivity index (χ3v) is 4.72. The minimum absolute atomic E-state index is 0.0204. The van der Waals surface area contributed by atoms with Crippen molar-refractivity contribution >= 4 is 28.9 Å². The zero-order valence-electron chi connectivity index (χ0n) is 19.5. The van der Waals surface area contributed by atoms with Gasteiger partial charge in [-0.1, -0.05) is 32.0 Å². The van der Waals surface area contributed by atoms with Gasteiger partial charge in [0.25, 0.3) is 0 Å². The quantitative estimate of drug-likeness (QED) is 0.324. The van der Waals surface area contributed by atoms with Gasteiger partial charge in [-0.25, -0.2) is 0 Å². The third-order valence-electron chi connectivity index (χ3n) is 4.72. The van der Waals surface area contributed by atoms with Crippen molar-refractivity contribution in [2.75, 3.05) is 35.7 Å². The Labute approximate surface area is 200 Å². The van der Waals surface area contributed by atoms with Crippen LogP contribution in [0.3, 0.4) is 0 Å². The highest BCUT2D eigenvalue weighted by Crippen LogP contribution is 2.17. The molecule has 0 aliphatic rings. The molecule has 3 rings (SSSR count). The van der Waals surface area contributed by atoms with Crippen molar-refractivity contribution in [2.45, 2.75) is 20.3 Å². The Hall–Kier alpha value is -4.00. The molecule has 2 amide bonds. The molecule has 0 unspecified atom stereocenters. The monoisotopic (exact) mass is 461 g/mol. The van der Waals surface area contributed by atoms with Gasteiger partial charge in [0.05, 0.1) is 6.54 Å². The molecule has 0 aliphatic heterocycles. The van der Waals surface area contributed by atoms with Crippen LogP contribution in [-0.4, -0.2) is 31.6 Å². The molecule has 0 fully saturated rings. The number of amides is 2. The zero-order valence-corrected chi connectivity index (χ0v) is 19.5. The summed E-state index contributed by atoms with van der Waals surface area (Å²) in [6.45, 7) is 5.01. The third kappa shape index (κ3) is 8.86. The van der Waals surface area contributed by atoms with E-state index in [1.54, 1.807) is 24.3 Å². The lowest BCUT2D eigenvalue weighted by atomic mass is 10.1. The standard InChI is InChI=1S/C27H31N3O4/c1-20(2)18-26(31)29-22-8-10-23(11-9-22)30-27(32)19-28-21-12-14-25(15-13-21)34-17-16-33-24-6-4-3-5-7-24/h3-15,20,28H,16-19H2,1-2H3,(H,29,31)(H,30,32). The molecule has 0 radical (unpaired) electrons. The summed E-state index contributed by atoms with van der Waals surface area (Å²) in [5, 5.41) is 8.77.